The van der Waals surface area contributed by atoms with E-state index in [1.54, 1.807) is 4.90 Å². The molecule has 0 radical (unpaired) electrons. The molecule has 10 heteroatoms. The predicted octanol–water partition coefficient (Wildman–Crippen LogP) is 3.01. The Balaban J connectivity index is 0.000000509. The minimum absolute atomic E-state index is 0.00477. The molecule has 184 valence electrons. The Bertz CT molecular complexity index is 1000. The normalized spacial score (nSPS) is 13.5. The first-order valence-corrected chi connectivity index (χ1v) is 10.7. The predicted molar refractivity (Wildman–Crippen MR) is 120 cm³/mol. The Kier molecular flexibility index (Phi) is 9.61. The van der Waals surface area contributed by atoms with Gasteiger partial charge in [-0.2, -0.15) is 13.2 Å². The van der Waals surface area contributed by atoms with Crippen LogP contribution in [0, 0.1) is 13.8 Å². The minimum Gasteiger partial charge on any atom is -0.475 e. The highest BCUT2D eigenvalue weighted by atomic mass is 19.4. The summed E-state index contributed by atoms with van der Waals surface area (Å²) in [4.78, 5) is 38.3. The number of rotatable bonds is 5. The molecule has 0 spiro atoms. The lowest BCUT2D eigenvalue weighted by Gasteiger charge is -2.30. The number of benzene rings is 2. The van der Waals surface area contributed by atoms with E-state index in [1.807, 2.05) is 61.2 Å². The molecule has 2 N–H and O–H groups in total. The molecule has 1 aliphatic rings. The zero-order valence-electron chi connectivity index (χ0n) is 19.1. The number of carboxylic acids is 1. The topological polar surface area (TPSA) is 90.0 Å². The molecule has 1 heterocycles. The number of carbonyl (C=O) groups excluding carboxylic acids is 2. The van der Waals surface area contributed by atoms with Crippen molar-refractivity contribution < 1.29 is 32.7 Å². The van der Waals surface area contributed by atoms with Gasteiger partial charge in [-0.25, -0.2) is 4.79 Å². The molecule has 0 aliphatic carbocycles. The largest absolute Gasteiger partial charge is 0.490 e. The van der Waals surface area contributed by atoms with Gasteiger partial charge in [-0.3, -0.25) is 9.59 Å². The van der Waals surface area contributed by atoms with Crippen LogP contribution in [0.3, 0.4) is 0 Å². The van der Waals surface area contributed by atoms with Crippen molar-refractivity contribution in [1.29, 1.82) is 0 Å². The monoisotopic (exact) mass is 479 g/mol. The molecule has 0 bridgehead atoms. The summed E-state index contributed by atoms with van der Waals surface area (Å²) in [5.74, 6) is -2.86. The van der Waals surface area contributed by atoms with E-state index in [2.05, 4.69) is 11.4 Å². The third-order valence-corrected chi connectivity index (χ3v) is 5.05. The van der Waals surface area contributed by atoms with Gasteiger partial charge in [-0.05, 0) is 31.5 Å². The molecule has 0 atom stereocenters. The van der Waals surface area contributed by atoms with Gasteiger partial charge < -0.3 is 20.2 Å². The highest BCUT2D eigenvalue weighted by Crippen LogP contribution is 2.14. The van der Waals surface area contributed by atoms with Gasteiger partial charge in [0.2, 0.25) is 5.91 Å². The van der Waals surface area contributed by atoms with Crippen molar-refractivity contribution in [2.24, 2.45) is 0 Å². The summed E-state index contributed by atoms with van der Waals surface area (Å²) >= 11 is 0. The first kappa shape index (κ1) is 26.8. The van der Waals surface area contributed by atoms with Crippen molar-refractivity contribution in [3.63, 3.8) is 0 Å². The quantitative estimate of drug-likeness (QED) is 0.688. The van der Waals surface area contributed by atoms with Crippen molar-refractivity contribution in [3.8, 4) is 0 Å². The number of hydrogen-bond donors (Lipinski definition) is 2. The van der Waals surface area contributed by atoms with Gasteiger partial charge >= 0.3 is 12.1 Å². The number of halogens is 3. The van der Waals surface area contributed by atoms with Crippen LogP contribution in [0.4, 0.5) is 13.2 Å². The third-order valence-electron chi connectivity index (χ3n) is 5.05. The SMILES string of the molecule is Cc1cccc(CN(CC(=O)N2CCNCC2)C(=O)c2cccc(C)c2)c1.O=C(O)C(F)(F)F. The summed E-state index contributed by atoms with van der Waals surface area (Å²) in [5.41, 5.74) is 3.83. The molecule has 0 saturated carbocycles. The maximum Gasteiger partial charge on any atom is 0.490 e. The summed E-state index contributed by atoms with van der Waals surface area (Å²) in [6, 6.07) is 15.6. The second-order valence-electron chi connectivity index (χ2n) is 7.95. The summed E-state index contributed by atoms with van der Waals surface area (Å²) < 4.78 is 31.7. The Hall–Kier alpha value is -3.40. The Labute approximate surface area is 196 Å². The average molecular weight is 479 g/mol. The molecule has 7 nitrogen and oxygen atoms in total. The number of hydrogen-bond acceptors (Lipinski definition) is 4. The van der Waals surface area contributed by atoms with Gasteiger partial charge in [-0.1, -0.05) is 47.5 Å². The molecule has 0 aromatic heterocycles. The number of carboxylic acid groups (broad SMARTS) is 1. The van der Waals surface area contributed by atoms with Crippen LogP contribution in [0.1, 0.15) is 27.0 Å². The smallest absolute Gasteiger partial charge is 0.475 e. The van der Waals surface area contributed by atoms with Gasteiger partial charge in [0.25, 0.3) is 5.91 Å². The van der Waals surface area contributed by atoms with E-state index >= 15 is 0 Å². The third kappa shape index (κ3) is 8.51. The molecule has 3 rings (SSSR count). The van der Waals surface area contributed by atoms with E-state index < -0.39 is 12.1 Å². The van der Waals surface area contributed by atoms with E-state index in [4.69, 9.17) is 9.90 Å². The first-order valence-electron chi connectivity index (χ1n) is 10.7. The number of aliphatic carboxylic acids is 1. The molecular weight excluding hydrogens is 451 g/mol. The first-order chi connectivity index (χ1) is 16.0. The van der Waals surface area contributed by atoms with Gasteiger partial charge in [0.05, 0.1) is 0 Å². The van der Waals surface area contributed by atoms with Gasteiger partial charge in [0, 0.05) is 38.3 Å². The molecule has 2 aromatic rings. The number of piperazine rings is 1. The number of amides is 2. The fourth-order valence-corrected chi connectivity index (χ4v) is 3.37. The van der Waals surface area contributed by atoms with E-state index in [0.29, 0.717) is 25.2 Å². The van der Waals surface area contributed by atoms with Crippen LogP contribution in [0.15, 0.2) is 48.5 Å². The zero-order valence-corrected chi connectivity index (χ0v) is 19.1. The second-order valence-corrected chi connectivity index (χ2v) is 7.95. The van der Waals surface area contributed by atoms with E-state index in [9.17, 15) is 22.8 Å². The number of carbonyl (C=O) groups is 3. The molecule has 1 saturated heterocycles. The molecule has 2 aromatic carbocycles. The van der Waals surface area contributed by atoms with Crippen molar-refractivity contribution in [2.45, 2.75) is 26.6 Å². The molecule has 0 unspecified atom stereocenters. The Morgan fingerprint density at radius 1 is 1.00 bits per heavy atom. The summed E-state index contributed by atoms with van der Waals surface area (Å²) in [7, 11) is 0. The van der Waals surface area contributed by atoms with E-state index in [1.165, 1.54) is 0 Å². The van der Waals surface area contributed by atoms with Gasteiger partial charge in [0.1, 0.15) is 6.54 Å². The number of alkyl halides is 3. The van der Waals surface area contributed by atoms with Crippen LogP contribution in [-0.2, 0) is 16.1 Å². The number of aryl methyl sites for hydroxylation is 2. The van der Waals surface area contributed by atoms with Crippen LogP contribution in [-0.4, -0.2) is 71.6 Å². The Morgan fingerprint density at radius 3 is 2.09 bits per heavy atom. The lowest BCUT2D eigenvalue weighted by molar-refractivity contribution is -0.192. The van der Waals surface area contributed by atoms with Crippen molar-refractivity contribution >= 4 is 17.8 Å². The van der Waals surface area contributed by atoms with Gasteiger partial charge in [-0.15, -0.1) is 0 Å². The maximum absolute atomic E-state index is 13.1. The number of nitrogens with zero attached hydrogens (tertiary/aromatic N) is 2. The van der Waals surface area contributed by atoms with Crippen LogP contribution in [0.25, 0.3) is 0 Å². The molecular formula is C24H28F3N3O4. The molecule has 34 heavy (non-hydrogen) atoms. The molecule has 1 aliphatic heterocycles. The van der Waals surface area contributed by atoms with Crippen LogP contribution in [0.2, 0.25) is 0 Å². The number of nitrogens with one attached hydrogen (secondary N) is 1. The van der Waals surface area contributed by atoms with E-state index in [-0.39, 0.29) is 18.4 Å². The van der Waals surface area contributed by atoms with Gasteiger partial charge in [0.15, 0.2) is 0 Å². The highest BCUT2D eigenvalue weighted by molar-refractivity contribution is 5.96. The fraction of sp³-hybridized carbons (Fsp3) is 0.375. The zero-order chi connectivity index (χ0) is 25.3. The minimum atomic E-state index is -5.08. The van der Waals surface area contributed by atoms with Crippen molar-refractivity contribution in [2.75, 3.05) is 32.7 Å². The van der Waals surface area contributed by atoms with E-state index in [0.717, 1.165) is 29.8 Å². The van der Waals surface area contributed by atoms with Crippen LogP contribution >= 0.6 is 0 Å². The Morgan fingerprint density at radius 2 is 1.56 bits per heavy atom. The second kappa shape index (κ2) is 12.2. The lowest BCUT2D eigenvalue weighted by atomic mass is 10.1. The summed E-state index contributed by atoms with van der Waals surface area (Å²) in [6.07, 6.45) is -5.08. The summed E-state index contributed by atoms with van der Waals surface area (Å²) in [6.45, 7) is 7.50. The summed E-state index contributed by atoms with van der Waals surface area (Å²) in [5, 5.41) is 10.4. The molecule has 2 amide bonds. The van der Waals surface area contributed by atoms with Crippen molar-refractivity contribution in [1.82, 2.24) is 15.1 Å². The maximum atomic E-state index is 13.1. The van der Waals surface area contributed by atoms with Crippen LogP contribution < -0.4 is 5.32 Å². The van der Waals surface area contributed by atoms with Crippen molar-refractivity contribution in [3.05, 3.63) is 70.8 Å². The average Bonchev–Trinajstić information content (AvgIpc) is 2.78. The highest BCUT2D eigenvalue weighted by Gasteiger charge is 2.38. The lowest BCUT2D eigenvalue weighted by Crippen LogP contribution is -2.50. The standard InChI is InChI=1S/C22H27N3O2.C2HF3O2/c1-17-5-3-7-19(13-17)15-25(16-21(26)24-11-9-23-10-12-24)22(27)20-8-4-6-18(2)14-20;3-2(4,5)1(6)7/h3-8,13-14,23H,9-12,15-16H2,1-2H3;(H,6,7). The fourth-order valence-electron chi connectivity index (χ4n) is 3.37. The molecule has 1 fully saturated rings. The van der Waals surface area contributed by atoms with Crippen LogP contribution in [0.5, 0.6) is 0 Å².